The normalized spacial score (nSPS) is 11.0. The molecule has 0 unspecified atom stereocenters. The van der Waals surface area contributed by atoms with Crippen LogP contribution in [0.15, 0.2) is 41.1 Å². The zero-order valence-electron chi connectivity index (χ0n) is 12.4. The molecule has 117 valence electrons. The third-order valence-corrected chi connectivity index (χ3v) is 4.63. The van der Waals surface area contributed by atoms with E-state index >= 15 is 0 Å². The van der Waals surface area contributed by atoms with Gasteiger partial charge < -0.3 is 4.74 Å². The van der Waals surface area contributed by atoms with Crippen molar-refractivity contribution < 1.29 is 17.9 Å². The summed E-state index contributed by atoms with van der Waals surface area (Å²) in [6, 6.07) is 7.88. The van der Waals surface area contributed by atoms with Crippen LogP contribution in [0.2, 0.25) is 5.02 Å². The molecule has 1 aromatic carbocycles. The molecule has 0 saturated heterocycles. The molecule has 1 amide bonds. The molecule has 1 aromatic heterocycles. The minimum atomic E-state index is -3.90. The van der Waals surface area contributed by atoms with Gasteiger partial charge in [-0.25, -0.2) is 13.1 Å². The number of carbonyl (C=O) groups is 1. The molecule has 1 heterocycles. The Labute approximate surface area is 165 Å². The van der Waals surface area contributed by atoms with Crippen LogP contribution in [0.4, 0.5) is 0 Å². The topological polar surface area (TPSA) is 72.5 Å². The Kier molecular flexibility index (Phi) is 7.79. The van der Waals surface area contributed by atoms with E-state index in [2.05, 4.69) is 0 Å². The number of benzene rings is 1. The molecule has 0 aliphatic heterocycles. The van der Waals surface area contributed by atoms with Gasteiger partial charge in [0.1, 0.15) is 5.75 Å². The van der Waals surface area contributed by atoms with Crippen LogP contribution in [0.5, 0.6) is 5.75 Å². The van der Waals surface area contributed by atoms with E-state index in [0.717, 1.165) is 10.3 Å². The summed E-state index contributed by atoms with van der Waals surface area (Å²) >= 11 is 7.19. The third-order valence-electron chi connectivity index (χ3n) is 2.60. The van der Waals surface area contributed by atoms with Crippen LogP contribution in [0.25, 0.3) is 6.08 Å². The van der Waals surface area contributed by atoms with Crippen molar-refractivity contribution >= 4 is 74.5 Å². The molecule has 1 radical (unpaired) electrons. The second kappa shape index (κ2) is 8.86. The number of carbonyl (C=O) groups excluding carboxylic acids is 1. The minimum absolute atomic E-state index is 0. The van der Waals surface area contributed by atoms with Gasteiger partial charge >= 0.3 is 0 Å². The number of hydrogen-bond acceptors (Lipinski definition) is 5. The van der Waals surface area contributed by atoms with E-state index in [4.69, 9.17) is 16.3 Å². The Morgan fingerprint density at radius 3 is 2.70 bits per heavy atom. The van der Waals surface area contributed by atoms with Crippen molar-refractivity contribution in [2.45, 2.75) is 0 Å². The van der Waals surface area contributed by atoms with Gasteiger partial charge in [0, 0.05) is 39.5 Å². The summed E-state index contributed by atoms with van der Waals surface area (Å²) in [5.74, 6) is -0.591. The molecule has 5 nitrogen and oxygen atoms in total. The summed E-state index contributed by atoms with van der Waals surface area (Å²) in [7, 11) is -2.53. The number of hydrogen-bond donors (Lipinski definition) is 1. The number of rotatable bonds is 5. The minimum Gasteiger partial charge on any atom is -0.496 e. The van der Waals surface area contributed by atoms with Crippen LogP contribution in [0, 0.1) is 0 Å². The molecular formula is C14H12ClNNaO4S2. The Morgan fingerprint density at radius 2 is 2.09 bits per heavy atom. The van der Waals surface area contributed by atoms with Gasteiger partial charge in [0.15, 0.2) is 0 Å². The molecule has 0 fully saturated rings. The first-order valence-corrected chi connectivity index (χ1v) is 8.84. The van der Waals surface area contributed by atoms with E-state index in [9.17, 15) is 13.2 Å². The van der Waals surface area contributed by atoms with Gasteiger partial charge in [-0.3, -0.25) is 4.79 Å². The summed E-state index contributed by atoms with van der Waals surface area (Å²) in [5, 5.41) is 3.15. The van der Waals surface area contributed by atoms with E-state index < -0.39 is 15.9 Å². The number of halogens is 1. The van der Waals surface area contributed by atoms with Crippen LogP contribution in [-0.4, -0.2) is 51.0 Å². The number of thiophene rings is 1. The monoisotopic (exact) mass is 380 g/mol. The number of amides is 1. The molecule has 0 aliphatic carbocycles. The van der Waals surface area contributed by atoms with Gasteiger partial charge in [0.05, 0.1) is 18.1 Å². The predicted octanol–water partition coefficient (Wildman–Crippen LogP) is 2.76. The molecule has 0 aliphatic rings. The van der Waals surface area contributed by atoms with Crippen LogP contribution in [0.3, 0.4) is 0 Å². The largest absolute Gasteiger partial charge is 0.496 e. The van der Waals surface area contributed by atoms with E-state index in [-0.39, 0.29) is 40.9 Å². The molecule has 2 rings (SSSR count). The summed E-state index contributed by atoms with van der Waals surface area (Å²) in [4.78, 5) is 12.8. The van der Waals surface area contributed by atoms with Crippen molar-refractivity contribution in [2.75, 3.05) is 7.11 Å². The Hall–Kier alpha value is -0.830. The zero-order valence-corrected chi connectivity index (χ0v) is 16.8. The first kappa shape index (κ1) is 20.2. The molecule has 0 saturated carbocycles. The maximum absolute atomic E-state index is 12.1. The number of nitrogens with one attached hydrogen (secondary N) is 1. The van der Waals surface area contributed by atoms with Crippen LogP contribution < -0.4 is 9.46 Å². The van der Waals surface area contributed by atoms with Crippen molar-refractivity contribution in [1.82, 2.24) is 4.72 Å². The van der Waals surface area contributed by atoms with Gasteiger partial charge in [-0.15, -0.1) is 11.3 Å². The van der Waals surface area contributed by atoms with E-state index in [1.807, 2.05) is 10.1 Å². The van der Waals surface area contributed by atoms with Crippen LogP contribution >= 0.6 is 22.9 Å². The van der Waals surface area contributed by atoms with Gasteiger partial charge in [-0.05, 0) is 35.7 Å². The Bertz CT molecular complexity index is 804. The maximum Gasteiger partial charge on any atom is 0.268 e. The summed E-state index contributed by atoms with van der Waals surface area (Å²) in [6.07, 6.45) is 1.42. The van der Waals surface area contributed by atoms with Crippen molar-refractivity contribution in [3.63, 3.8) is 0 Å². The number of sulfonamides is 1. The van der Waals surface area contributed by atoms with Crippen LogP contribution in [0.1, 0.15) is 15.2 Å². The maximum atomic E-state index is 12.1. The fraction of sp³-hybridized carbons (Fsp3) is 0.0714. The number of ether oxygens (including phenoxy) is 1. The van der Waals surface area contributed by atoms with E-state index in [1.54, 1.807) is 12.1 Å². The second-order valence-corrected chi connectivity index (χ2v) is 7.12. The summed E-state index contributed by atoms with van der Waals surface area (Å²) in [5.41, 5.74) is 0.0833. The fourth-order valence-electron chi connectivity index (χ4n) is 1.61. The molecular weight excluding hydrogens is 369 g/mol. The third kappa shape index (κ3) is 5.95. The van der Waals surface area contributed by atoms with Gasteiger partial charge in [-0.2, -0.15) is 0 Å². The summed E-state index contributed by atoms with van der Waals surface area (Å²) < 4.78 is 30.8. The summed E-state index contributed by atoms with van der Waals surface area (Å²) in [6.45, 7) is 0. The van der Waals surface area contributed by atoms with Crippen molar-refractivity contribution in [1.29, 1.82) is 0 Å². The molecule has 0 atom stereocenters. The predicted molar refractivity (Wildman–Crippen MR) is 93.5 cm³/mol. The molecule has 2 aromatic rings. The SMILES string of the molecule is COc1cc(Cl)ccc1C(=O)NS(=O)(=O)C=Cc1cccs1.[Na]. The smallest absolute Gasteiger partial charge is 0.268 e. The Morgan fingerprint density at radius 1 is 1.35 bits per heavy atom. The van der Waals surface area contributed by atoms with Gasteiger partial charge in [-0.1, -0.05) is 17.7 Å². The molecule has 0 spiro atoms. The quantitative estimate of drug-likeness (QED) is 0.809. The molecule has 1 N–H and O–H groups in total. The molecule has 0 bridgehead atoms. The van der Waals surface area contributed by atoms with Gasteiger partial charge in [0.2, 0.25) is 0 Å². The van der Waals surface area contributed by atoms with Crippen molar-refractivity contribution in [3.8, 4) is 5.75 Å². The second-order valence-electron chi connectivity index (χ2n) is 4.14. The zero-order chi connectivity index (χ0) is 16.2. The first-order valence-electron chi connectivity index (χ1n) is 6.03. The van der Waals surface area contributed by atoms with E-state index in [0.29, 0.717) is 5.02 Å². The van der Waals surface area contributed by atoms with Crippen molar-refractivity contribution in [2.24, 2.45) is 0 Å². The van der Waals surface area contributed by atoms with Crippen molar-refractivity contribution in [3.05, 3.63) is 56.6 Å². The molecule has 23 heavy (non-hydrogen) atoms. The average molecular weight is 381 g/mol. The van der Waals surface area contributed by atoms with E-state index in [1.165, 1.54) is 42.7 Å². The Balaban J connectivity index is 0.00000264. The van der Waals surface area contributed by atoms with Crippen LogP contribution in [-0.2, 0) is 10.0 Å². The van der Waals surface area contributed by atoms with Gasteiger partial charge in [0.25, 0.3) is 15.9 Å². The standard InChI is InChI=1S/C14H12ClNO4S2.Na/c1-20-13-9-10(15)4-5-12(13)14(17)16-22(18,19)8-6-11-3-2-7-21-11;/h2-9H,1H3,(H,16,17);. The number of methoxy groups -OCH3 is 1. The average Bonchev–Trinajstić information content (AvgIpc) is 2.97. The molecule has 9 heteroatoms. The fourth-order valence-corrected chi connectivity index (χ4v) is 3.24. The first-order chi connectivity index (χ1) is 10.4.